The number of nitrogens with zero attached hydrogens (tertiary/aromatic N) is 1. The second-order valence-corrected chi connectivity index (χ2v) is 7.28. The molecule has 0 spiro atoms. The number of benzene rings is 2. The number of ether oxygens (including phenoxy) is 2. The smallest absolute Gasteiger partial charge is 0.387 e. The molecule has 30 heavy (non-hydrogen) atoms. The molecular weight excluding hydrogens is 410 g/mol. The van der Waals surface area contributed by atoms with Gasteiger partial charge in [0.2, 0.25) is 0 Å². The van der Waals surface area contributed by atoms with Crippen molar-refractivity contribution >= 4 is 35.0 Å². The first-order valence-corrected chi connectivity index (χ1v) is 9.89. The third kappa shape index (κ3) is 4.76. The van der Waals surface area contributed by atoms with Gasteiger partial charge in [-0.15, -0.1) is 0 Å². The van der Waals surface area contributed by atoms with Crippen LogP contribution >= 0.6 is 12.2 Å². The third-order valence-electron chi connectivity index (χ3n) is 4.49. The van der Waals surface area contributed by atoms with E-state index in [1.54, 1.807) is 19.1 Å². The van der Waals surface area contributed by atoms with Gasteiger partial charge in [0.25, 0.3) is 5.91 Å². The molecular formula is C22H22F2N2O3S. The fraction of sp³-hybridized carbons (Fsp3) is 0.273. The number of carbonyl (C=O) groups excluding carboxylic acids is 1. The topological polar surface area (TPSA) is 50.8 Å². The molecule has 0 radical (unpaired) electrons. The van der Waals surface area contributed by atoms with E-state index >= 15 is 0 Å². The van der Waals surface area contributed by atoms with E-state index in [1.807, 2.05) is 24.3 Å². The van der Waals surface area contributed by atoms with Gasteiger partial charge in [-0.2, -0.15) is 8.78 Å². The van der Waals surface area contributed by atoms with Crippen molar-refractivity contribution in [2.45, 2.75) is 33.3 Å². The summed E-state index contributed by atoms with van der Waals surface area (Å²) in [4.78, 5) is 14.3. The standard InChI is InChI=1S/C22H22F2N2O3S/c1-4-28-19-12-14(5-10-18(19)29-21(23)24)11-17-20(27)26(22(30)25-17)16-8-6-15(7-9-16)13(2)3/h5-13,21H,4H2,1-3H3,(H,25,30)/b17-11-. The van der Waals surface area contributed by atoms with Crippen LogP contribution in [0.3, 0.4) is 0 Å². The van der Waals surface area contributed by atoms with E-state index < -0.39 is 6.61 Å². The van der Waals surface area contributed by atoms with E-state index in [1.165, 1.54) is 17.0 Å². The van der Waals surface area contributed by atoms with Crippen molar-refractivity contribution in [3.63, 3.8) is 0 Å². The lowest BCUT2D eigenvalue weighted by Gasteiger charge is -2.15. The zero-order valence-electron chi connectivity index (χ0n) is 16.8. The Morgan fingerprint density at radius 3 is 2.43 bits per heavy atom. The lowest BCUT2D eigenvalue weighted by molar-refractivity contribution is -0.113. The Kier molecular flexibility index (Phi) is 6.66. The van der Waals surface area contributed by atoms with E-state index in [4.69, 9.17) is 17.0 Å². The second kappa shape index (κ2) is 9.21. The summed E-state index contributed by atoms with van der Waals surface area (Å²) in [5, 5.41) is 3.18. The van der Waals surface area contributed by atoms with Crippen LogP contribution in [0.1, 0.15) is 37.8 Å². The zero-order valence-corrected chi connectivity index (χ0v) is 17.6. The van der Waals surface area contributed by atoms with Crippen molar-refractivity contribution in [1.29, 1.82) is 0 Å². The minimum atomic E-state index is -2.96. The van der Waals surface area contributed by atoms with Gasteiger partial charge in [0.1, 0.15) is 5.70 Å². The van der Waals surface area contributed by atoms with Crippen LogP contribution in [0, 0.1) is 0 Å². The normalized spacial score (nSPS) is 15.3. The van der Waals surface area contributed by atoms with Gasteiger partial charge in [-0.3, -0.25) is 9.69 Å². The highest BCUT2D eigenvalue weighted by molar-refractivity contribution is 7.80. The fourth-order valence-corrected chi connectivity index (χ4v) is 3.32. The average Bonchev–Trinajstić information content (AvgIpc) is 2.97. The largest absolute Gasteiger partial charge is 0.490 e. The molecule has 1 amide bonds. The predicted octanol–water partition coefficient (Wildman–Crippen LogP) is 5.07. The lowest BCUT2D eigenvalue weighted by atomic mass is 10.0. The van der Waals surface area contributed by atoms with Gasteiger partial charge in [-0.05, 0) is 66.5 Å². The summed E-state index contributed by atoms with van der Waals surface area (Å²) in [5.41, 5.74) is 2.68. The molecule has 0 aliphatic carbocycles. The summed E-state index contributed by atoms with van der Waals surface area (Å²) in [6, 6.07) is 12.1. The van der Waals surface area contributed by atoms with Gasteiger partial charge < -0.3 is 14.8 Å². The molecule has 8 heteroatoms. The Hall–Kier alpha value is -3.00. The molecule has 1 N–H and O–H groups in total. The van der Waals surface area contributed by atoms with Gasteiger partial charge in [0.15, 0.2) is 16.6 Å². The minimum absolute atomic E-state index is 0.0675. The van der Waals surface area contributed by atoms with Crippen LogP contribution in [0.15, 0.2) is 48.2 Å². The Bertz CT molecular complexity index is 975. The summed E-state index contributed by atoms with van der Waals surface area (Å²) >= 11 is 5.34. The van der Waals surface area contributed by atoms with Crippen molar-refractivity contribution in [1.82, 2.24) is 5.32 Å². The van der Waals surface area contributed by atoms with E-state index in [0.717, 1.165) is 5.56 Å². The highest BCUT2D eigenvalue weighted by Crippen LogP contribution is 2.31. The number of thiocarbonyl (C=S) groups is 1. The number of nitrogens with one attached hydrogen (secondary N) is 1. The summed E-state index contributed by atoms with van der Waals surface area (Å²) in [6.07, 6.45) is 1.59. The quantitative estimate of drug-likeness (QED) is 0.489. The number of carbonyl (C=O) groups is 1. The summed E-state index contributed by atoms with van der Waals surface area (Å²) in [6.45, 7) is 3.25. The number of alkyl halides is 2. The van der Waals surface area contributed by atoms with Gasteiger partial charge >= 0.3 is 6.61 Å². The van der Waals surface area contributed by atoms with Crippen LogP contribution in [0.5, 0.6) is 11.5 Å². The molecule has 0 aromatic heterocycles. The van der Waals surface area contributed by atoms with E-state index in [0.29, 0.717) is 17.2 Å². The Balaban J connectivity index is 1.86. The number of rotatable bonds is 7. The third-order valence-corrected chi connectivity index (χ3v) is 4.78. The Morgan fingerprint density at radius 2 is 1.83 bits per heavy atom. The van der Waals surface area contributed by atoms with Crippen molar-refractivity contribution in [3.05, 3.63) is 59.3 Å². The first kappa shape index (κ1) is 21.7. The number of hydrogen-bond donors (Lipinski definition) is 1. The number of amides is 1. The lowest BCUT2D eigenvalue weighted by Crippen LogP contribution is -2.30. The molecule has 1 aliphatic rings. The molecule has 0 atom stereocenters. The maximum Gasteiger partial charge on any atom is 0.387 e. The van der Waals surface area contributed by atoms with Crippen molar-refractivity contribution in [2.75, 3.05) is 11.5 Å². The number of hydrogen-bond acceptors (Lipinski definition) is 4. The molecule has 5 nitrogen and oxygen atoms in total. The molecule has 1 aliphatic heterocycles. The van der Waals surface area contributed by atoms with Crippen LogP contribution in [0.25, 0.3) is 6.08 Å². The molecule has 1 fully saturated rings. The maximum atomic E-state index is 12.9. The Labute approximate surface area is 179 Å². The second-order valence-electron chi connectivity index (χ2n) is 6.89. The first-order valence-electron chi connectivity index (χ1n) is 9.49. The molecule has 2 aromatic rings. The fourth-order valence-electron chi connectivity index (χ4n) is 3.02. The summed E-state index contributed by atoms with van der Waals surface area (Å²) < 4.78 is 35.0. The van der Waals surface area contributed by atoms with Gasteiger partial charge in [0, 0.05) is 0 Å². The molecule has 3 rings (SSSR count). The van der Waals surface area contributed by atoms with Crippen LogP contribution < -0.4 is 19.7 Å². The van der Waals surface area contributed by atoms with E-state index in [9.17, 15) is 13.6 Å². The van der Waals surface area contributed by atoms with Crippen molar-refractivity contribution in [3.8, 4) is 11.5 Å². The van der Waals surface area contributed by atoms with E-state index in [-0.39, 0.29) is 34.8 Å². The monoisotopic (exact) mass is 432 g/mol. The van der Waals surface area contributed by atoms with Crippen LogP contribution in [-0.2, 0) is 4.79 Å². The van der Waals surface area contributed by atoms with Crippen LogP contribution in [0.2, 0.25) is 0 Å². The van der Waals surface area contributed by atoms with Gasteiger partial charge in [-0.1, -0.05) is 32.0 Å². The van der Waals surface area contributed by atoms with Gasteiger partial charge in [-0.25, -0.2) is 0 Å². The molecule has 0 bridgehead atoms. The molecule has 0 unspecified atom stereocenters. The zero-order chi connectivity index (χ0) is 21.8. The molecule has 158 valence electrons. The van der Waals surface area contributed by atoms with Crippen molar-refractivity contribution in [2.24, 2.45) is 0 Å². The Morgan fingerprint density at radius 1 is 1.13 bits per heavy atom. The maximum absolute atomic E-state index is 12.9. The van der Waals surface area contributed by atoms with E-state index in [2.05, 4.69) is 23.9 Å². The summed E-state index contributed by atoms with van der Waals surface area (Å²) in [7, 11) is 0. The highest BCUT2D eigenvalue weighted by Gasteiger charge is 2.32. The average molecular weight is 432 g/mol. The summed E-state index contributed by atoms with van der Waals surface area (Å²) in [5.74, 6) is 0.178. The first-order chi connectivity index (χ1) is 14.3. The number of anilines is 1. The van der Waals surface area contributed by atoms with Crippen LogP contribution in [0.4, 0.5) is 14.5 Å². The molecule has 0 saturated carbocycles. The van der Waals surface area contributed by atoms with Crippen molar-refractivity contribution < 1.29 is 23.0 Å². The predicted molar refractivity (Wildman–Crippen MR) is 116 cm³/mol. The molecule has 2 aromatic carbocycles. The minimum Gasteiger partial charge on any atom is -0.490 e. The molecule has 1 heterocycles. The van der Waals surface area contributed by atoms with Gasteiger partial charge in [0.05, 0.1) is 12.3 Å². The molecule has 1 saturated heterocycles. The SMILES string of the molecule is CCOc1cc(/C=C2\NC(=S)N(c3ccc(C(C)C)cc3)C2=O)ccc1OC(F)F. The number of halogens is 2. The highest BCUT2D eigenvalue weighted by atomic mass is 32.1. The van der Waals surface area contributed by atoms with Crippen LogP contribution in [-0.4, -0.2) is 24.2 Å².